The number of nitrogens with one attached hydrogen (secondary N) is 2. The summed E-state index contributed by atoms with van der Waals surface area (Å²) in [6, 6.07) is 9.80. The number of amides is 1. The lowest BCUT2D eigenvalue weighted by atomic mass is 9.83. The number of hydrogen-bond donors (Lipinski definition) is 3. The van der Waals surface area contributed by atoms with Crippen LogP contribution in [0.2, 0.25) is 10.0 Å². The number of hydrogen-bond acceptors (Lipinski definition) is 3. The molecule has 3 rings (SSSR count). The van der Waals surface area contributed by atoms with Crippen molar-refractivity contribution in [2.75, 3.05) is 10.6 Å². The molecule has 1 aliphatic carbocycles. The lowest BCUT2D eigenvalue weighted by molar-refractivity contribution is 0.102. The van der Waals surface area contributed by atoms with Crippen molar-refractivity contribution in [1.82, 2.24) is 0 Å². The molecule has 1 amide bonds. The maximum Gasteiger partial charge on any atom is 0.259 e. The first-order chi connectivity index (χ1) is 12.4. The fourth-order valence-corrected chi connectivity index (χ4v) is 3.78. The summed E-state index contributed by atoms with van der Waals surface area (Å²) in [6.07, 6.45) is 6.02. The average Bonchev–Trinajstić information content (AvgIpc) is 2.59. The van der Waals surface area contributed by atoms with E-state index < -0.39 is 5.91 Å². The fourth-order valence-electron chi connectivity index (χ4n) is 3.38. The zero-order valence-corrected chi connectivity index (χ0v) is 16.1. The van der Waals surface area contributed by atoms with Crippen LogP contribution in [0.25, 0.3) is 0 Å². The summed E-state index contributed by atoms with van der Waals surface area (Å²) >= 11 is 12.2. The summed E-state index contributed by atoms with van der Waals surface area (Å²) < 4.78 is 0. The van der Waals surface area contributed by atoms with Gasteiger partial charge >= 0.3 is 0 Å². The molecule has 26 heavy (non-hydrogen) atoms. The lowest BCUT2D eigenvalue weighted by Gasteiger charge is -2.35. The van der Waals surface area contributed by atoms with E-state index in [2.05, 4.69) is 17.6 Å². The summed E-state index contributed by atoms with van der Waals surface area (Å²) in [5, 5.41) is 16.9. The van der Waals surface area contributed by atoms with Crippen molar-refractivity contribution in [3.63, 3.8) is 0 Å². The molecule has 2 aromatic rings. The van der Waals surface area contributed by atoms with Gasteiger partial charge in [-0.3, -0.25) is 4.79 Å². The molecule has 0 bridgehead atoms. The molecule has 6 heteroatoms. The van der Waals surface area contributed by atoms with Crippen LogP contribution in [-0.2, 0) is 0 Å². The van der Waals surface area contributed by atoms with E-state index in [1.807, 2.05) is 12.1 Å². The van der Waals surface area contributed by atoms with Crippen molar-refractivity contribution in [3.05, 3.63) is 52.0 Å². The minimum atomic E-state index is -0.466. The van der Waals surface area contributed by atoms with Crippen LogP contribution in [0.15, 0.2) is 36.4 Å². The molecule has 4 nitrogen and oxygen atoms in total. The van der Waals surface area contributed by atoms with E-state index in [9.17, 15) is 9.90 Å². The van der Waals surface area contributed by atoms with Crippen molar-refractivity contribution in [1.29, 1.82) is 0 Å². The first-order valence-corrected chi connectivity index (χ1v) is 9.49. The van der Waals surface area contributed by atoms with Crippen molar-refractivity contribution < 1.29 is 9.90 Å². The molecule has 1 aliphatic rings. The van der Waals surface area contributed by atoms with Crippen molar-refractivity contribution in [2.24, 2.45) is 0 Å². The van der Waals surface area contributed by atoms with Crippen LogP contribution < -0.4 is 10.6 Å². The summed E-state index contributed by atoms with van der Waals surface area (Å²) in [7, 11) is 0. The Morgan fingerprint density at radius 3 is 2.50 bits per heavy atom. The number of anilines is 2. The van der Waals surface area contributed by atoms with Crippen LogP contribution in [-0.4, -0.2) is 16.6 Å². The van der Waals surface area contributed by atoms with E-state index in [0.29, 0.717) is 15.7 Å². The van der Waals surface area contributed by atoms with Gasteiger partial charge in [-0.25, -0.2) is 0 Å². The van der Waals surface area contributed by atoms with Gasteiger partial charge in [0, 0.05) is 16.2 Å². The van der Waals surface area contributed by atoms with Crippen LogP contribution >= 0.6 is 23.2 Å². The van der Waals surface area contributed by atoms with Crippen LogP contribution in [0.3, 0.4) is 0 Å². The third-order valence-electron chi connectivity index (χ3n) is 4.82. The SMILES string of the molecule is CC1(Nc2ccc(NC(=O)c3cc(Cl)ccc3O)c(Cl)c2)CCCCC1. The molecule has 0 aromatic heterocycles. The van der Waals surface area contributed by atoms with Crippen LogP contribution in [0.4, 0.5) is 11.4 Å². The van der Waals surface area contributed by atoms with Gasteiger partial charge in [0.2, 0.25) is 0 Å². The Bertz CT molecular complexity index is 817. The van der Waals surface area contributed by atoms with Gasteiger partial charge < -0.3 is 15.7 Å². The Hall–Kier alpha value is -1.91. The molecule has 0 saturated heterocycles. The molecule has 3 N–H and O–H groups in total. The molecule has 0 unspecified atom stereocenters. The maximum absolute atomic E-state index is 12.4. The molecule has 138 valence electrons. The smallest absolute Gasteiger partial charge is 0.259 e. The molecule has 0 radical (unpaired) electrons. The second-order valence-electron chi connectivity index (χ2n) is 7.06. The van der Waals surface area contributed by atoms with E-state index in [4.69, 9.17) is 23.2 Å². The van der Waals surface area contributed by atoms with E-state index in [-0.39, 0.29) is 16.9 Å². The zero-order valence-electron chi connectivity index (χ0n) is 14.6. The summed E-state index contributed by atoms with van der Waals surface area (Å²) in [5.41, 5.74) is 1.60. The Balaban J connectivity index is 1.73. The Morgan fingerprint density at radius 1 is 1.08 bits per heavy atom. The third kappa shape index (κ3) is 4.43. The van der Waals surface area contributed by atoms with Crippen LogP contribution in [0, 0.1) is 0 Å². The largest absolute Gasteiger partial charge is 0.507 e. The average molecular weight is 393 g/mol. The van der Waals surface area contributed by atoms with E-state index in [0.717, 1.165) is 18.5 Å². The minimum Gasteiger partial charge on any atom is -0.507 e. The summed E-state index contributed by atoms with van der Waals surface area (Å²) in [5.74, 6) is -0.599. The second kappa shape index (κ2) is 7.77. The highest BCUT2D eigenvalue weighted by Crippen LogP contribution is 2.34. The van der Waals surface area contributed by atoms with E-state index >= 15 is 0 Å². The molecule has 1 saturated carbocycles. The first kappa shape index (κ1) is 18.9. The number of rotatable bonds is 4. The molecule has 1 fully saturated rings. The number of carbonyl (C=O) groups excluding carboxylic acids is 1. The van der Waals surface area contributed by atoms with Crippen molar-refractivity contribution >= 4 is 40.5 Å². The molecule has 0 aliphatic heterocycles. The number of carbonyl (C=O) groups is 1. The molecule has 0 atom stereocenters. The summed E-state index contributed by atoms with van der Waals surface area (Å²) in [6.45, 7) is 2.23. The van der Waals surface area contributed by atoms with Crippen LogP contribution in [0.1, 0.15) is 49.4 Å². The van der Waals surface area contributed by atoms with Gasteiger partial charge in [0.15, 0.2) is 0 Å². The molecular weight excluding hydrogens is 371 g/mol. The number of halogens is 2. The number of aromatic hydroxyl groups is 1. The normalized spacial score (nSPS) is 16.1. The van der Waals surface area contributed by atoms with Crippen molar-refractivity contribution in [3.8, 4) is 5.75 Å². The number of phenols is 1. The highest BCUT2D eigenvalue weighted by Gasteiger charge is 2.26. The van der Waals surface area contributed by atoms with Gasteiger partial charge in [0.25, 0.3) is 5.91 Å². The zero-order chi connectivity index (χ0) is 18.7. The van der Waals surface area contributed by atoms with Gasteiger partial charge in [-0.2, -0.15) is 0 Å². The third-order valence-corrected chi connectivity index (χ3v) is 5.37. The van der Waals surface area contributed by atoms with E-state index in [1.54, 1.807) is 6.07 Å². The quantitative estimate of drug-likeness (QED) is 0.589. The van der Waals surface area contributed by atoms with Crippen molar-refractivity contribution in [2.45, 2.75) is 44.6 Å². The van der Waals surface area contributed by atoms with Crippen LogP contribution in [0.5, 0.6) is 5.75 Å². The maximum atomic E-state index is 12.4. The number of benzene rings is 2. The predicted octanol–water partition coefficient (Wildman–Crippen LogP) is 6.09. The standard InChI is InChI=1S/C20H22Cl2N2O2/c1-20(9-3-2-4-10-20)24-14-6-7-17(16(22)12-14)23-19(26)15-11-13(21)5-8-18(15)25/h5-8,11-12,24-25H,2-4,9-10H2,1H3,(H,23,26). The first-order valence-electron chi connectivity index (χ1n) is 8.74. The Morgan fingerprint density at radius 2 is 1.81 bits per heavy atom. The number of phenolic OH excluding ortho intramolecular Hbond substituents is 1. The molecule has 0 heterocycles. The predicted molar refractivity (Wildman–Crippen MR) is 108 cm³/mol. The van der Waals surface area contributed by atoms with Gasteiger partial charge in [-0.15, -0.1) is 0 Å². The monoisotopic (exact) mass is 392 g/mol. The van der Waals surface area contributed by atoms with Gasteiger partial charge in [0.1, 0.15) is 5.75 Å². The second-order valence-corrected chi connectivity index (χ2v) is 7.90. The minimum absolute atomic E-state index is 0.0823. The van der Waals surface area contributed by atoms with Gasteiger partial charge in [0.05, 0.1) is 16.3 Å². The Labute approximate surface area is 163 Å². The van der Waals surface area contributed by atoms with Gasteiger partial charge in [-0.1, -0.05) is 42.5 Å². The topological polar surface area (TPSA) is 61.4 Å². The fraction of sp³-hybridized carbons (Fsp3) is 0.350. The van der Waals surface area contributed by atoms with E-state index in [1.165, 1.54) is 37.5 Å². The molecular formula is C20H22Cl2N2O2. The summed E-state index contributed by atoms with van der Waals surface area (Å²) in [4.78, 5) is 12.4. The Kier molecular flexibility index (Phi) is 5.64. The molecule has 2 aromatic carbocycles. The molecule has 0 spiro atoms. The van der Waals surface area contributed by atoms with Gasteiger partial charge in [-0.05, 0) is 56.2 Å². The highest BCUT2D eigenvalue weighted by atomic mass is 35.5. The lowest BCUT2D eigenvalue weighted by Crippen LogP contribution is -2.36. The highest BCUT2D eigenvalue weighted by molar-refractivity contribution is 6.34.